The van der Waals surface area contributed by atoms with E-state index >= 15 is 0 Å². The first-order valence-corrected chi connectivity index (χ1v) is 8.19. The highest BCUT2D eigenvalue weighted by atomic mass is 32.2. The molecular formula is C17H17N3OS. The van der Waals surface area contributed by atoms with Crippen LogP contribution in [0.4, 0.5) is 5.69 Å². The number of aryl methyl sites for hydroxylation is 1. The zero-order valence-corrected chi connectivity index (χ0v) is 13.1. The number of thioether (sulfide) groups is 1. The average Bonchev–Trinajstić information content (AvgIpc) is 2.96. The number of carbonyl (C=O) groups excluding carboxylic acids is 1. The summed E-state index contributed by atoms with van der Waals surface area (Å²) in [6.07, 6.45) is 0.956. The standard InChI is InChI=1S/C17H17N3OS/c1-2-12-6-5-7-13(10-12)18-16(21)11-22-17-19-14-8-3-4-9-15(14)20-17/h3-10H,2,11H2,1H3,(H,18,21)(H,19,20). The Balaban J connectivity index is 1.59. The Morgan fingerprint density at radius 2 is 2.09 bits per heavy atom. The summed E-state index contributed by atoms with van der Waals surface area (Å²) >= 11 is 1.40. The molecule has 0 atom stereocenters. The third-order valence-electron chi connectivity index (χ3n) is 3.33. The van der Waals surface area contributed by atoms with Crippen LogP contribution in [0.3, 0.4) is 0 Å². The van der Waals surface area contributed by atoms with Gasteiger partial charge in [-0.2, -0.15) is 0 Å². The van der Waals surface area contributed by atoms with Gasteiger partial charge in [-0.05, 0) is 36.2 Å². The summed E-state index contributed by atoms with van der Waals surface area (Å²) in [5.41, 5.74) is 3.96. The molecule has 3 aromatic rings. The molecule has 0 unspecified atom stereocenters. The van der Waals surface area contributed by atoms with Crippen LogP contribution in [0.15, 0.2) is 53.7 Å². The number of rotatable bonds is 5. The normalized spacial score (nSPS) is 10.8. The predicted molar refractivity (Wildman–Crippen MR) is 91.3 cm³/mol. The lowest BCUT2D eigenvalue weighted by Gasteiger charge is -2.05. The Kier molecular flexibility index (Phi) is 4.44. The molecule has 1 amide bonds. The van der Waals surface area contributed by atoms with Crippen LogP contribution in [0.1, 0.15) is 12.5 Å². The second-order valence-corrected chi connectivity index (χ2v) is 5.91. The van der Waals surface area contributed by atoms with Crippen LogP contribution in [0.5, 0.6) is 0 Å². The number of para-hydroxylation sites is 2. The van der Waals surface area contributed by atoms with Crippen LogP contribution in [0.25, 0.3) is 11.0 Å². The second kappa shape index (κ2) is 6.66. The molecule has 0 spiro atoms. The molecule has 0 aliphatic carbocycles. The summed E-state index contributed by atoms with van der Waals surface area (Å²) in [7, 11) is 0. The smallest absolute Gasteiger partial charge is 0.234 e. The minimum atomic E-state index is -0.0290. The van der Waals surface area contributed by atoms with Crippen LogP contribution in [0.2, 0.25) is 0 Å². The molecule has 112 valence electrons. The lowest BCUT2D eigenvalue weighted by molar-refractivity contribution is -0.113. The van der Waals surface area contributed by atoms with E-state index in [1.165, 1.54) is 17.3 Å². The van der Waals surface area contributed by atoms with Gasteiger partial charge < -0.3 is 10.3 Å². The predicted octanol–water partition coefficient (Wildman–Crippen LogP) is 3.86. The highest BCUT2D eigenvalue weighted by Gasteiger charge is 2.07. The molecule has 22 heavy (non-hydrogen) atoms. The number of aromatic nitrogens is 2. The van der Waals surface area contributed by atoms with Crippen LogP contribution in [-0.4, -0.2) is 21.6 Å². The minimum absolute atomic E-state index is 0.0290. The molecule has 1 aromatic heterocycles. The number of amides is 1. The Hall–Kier alpha value is -2.27. The fraction of sp³-hybridized carbons (Fsp3) is 0.176. The summed E-state index contributed by atoms with van der Waals surface area (Å²) in [6.45, 7) is 2.10. The van der Waals surface area contributed by atoms with E-state index < -0.39 is 0 Å². The van der Waals surface area contributed by atoms with Crippen molar-refractivity contribution in [1.29, 1.82) is 0 Å². The molecule has 0 bridgehead atoms. The molecule has 5 heteroatoms. The van der Waals surface area contributed by atoms with Crippen molar-refractivity contribution in [3.05, 3.63) is 54.1 Å². The van der Waals surface area contributed by atoms with E-state index in [-0.39, 0.29) is 5.91 Å². The molecular weight excluding hydrogens is 294 g/mol. The van der Waals surface area contributed by atoms with Crippen LogP contribution >= 0.6 is 11.8 Å². The zero-order chi connectivity index (χ0) is 15.4. The van der Waals surface area contributed by atoms with Gasteiger partial charge >= 0.3 is 0 Å². The fourth-order valence-electron chi connectivity index (χ4n) is 2.20. The largest absolute Gasteiger partial charge is 0.333 e. The van der Waals surface area contributed by atoms with E-state index in [9.17, 15) is 4.79 Å². The fourth-order valence-corrected chi connectivity index (χ4v) is 2.88. The van der Waals surface area contributed by atoms with E-state index in [0.29, 0.717) is 5.75 Å². The number of benzene rings is 2. The summed E-state index contributed by atoms with van der Waals surface area (Å²) < 4.78 is 0. The van der Waals surface area contributed by atoms with Gasteiger partial charge in [0.25, 0.3) is 0 Å². The van der Waals surface area contributed by atoms with Gasteiger partial charge in [0.2, 0.25) is 5.91 Å². The first-order valence-electron chi connectivity index (χ1n) is 7.21. The Morgan fingerprint density at radius 3 is 2.91 bits per heavy atom. The van der Waals surface area contributed by atoms with Gasteiger partial charge in [-0.25, -0.2) is 4.98 Å². The number of aromatic amines is 1. The lowest BCUT2D eigenvalue weighted by atomic mass is 10.1. The minimum Gasteiger partial charge on any atom is -0.333 e. The summed E-state index contributed by atoms with van der Waals surface area (Å²) in [6, 6.07) is 15.8. The number of hydrogen-bond donors (Lipinski definition) is 2. The van der Waals surface area contributed by atoms with Crippen molar-refractivity contribution in [3.63, 3.8) is 0 Å². The van der Waals surface area contributed by atoms with Gasteiger partial charge in [-0.1, -0.05) is 43.0 Å². The monoisotopic (exact) mass is 311 g/mol. The molecule has 2 aromatic carbocycles. The van der Waals surface area contributed by atoms with Crippen LogP contribution < -0.4 is 5.32 Å². The van der Waals surface area contributed by atoms with E-state index in [2.05, 4.69) is 28.3 Å². The summed E-state index contributed by atoms with van der Waals surface area (Å²) in [5.74, 6) is 0.301. The number of imidazole rings is 1. The maximum atomic E-state index is 12.0. The van der Waals surface area contributed by atoms with Gasteiger partial charge in [-0.15, -0.1) is 0 Å². The number of anilines is 1. The molecule has 0 saturated heterocycles. The lowest BCUT2D eigenvalue weighted by Crippen LogP contribution is -2.14. The van der Waals surface area contributed by atoms with Crippen molar-refractivity contribution in [2.45, 2.75) is 18.5 Å². The number of hydrogen-bond acceptors (Lipinski definition) is 3. The maximum Gasteiger partial charge on any atom is 0.234 e. The van der Waals surface area contributed by atoms with Gasteiger partial charge in [0.05, 0.1) is 16.8 Å². The highest BCUT2D eigenvalue weighted by molar-refractivity contribution is 7.99. The number of fused-ring (bicyclic) bond motifs is 1. The van der Waals surface area contributed by atoms with E-state index in [1.54, 1.807) is 0 Å². The van der Waals surface area contributed by atoms with Crippen LogP contribution in [-0.2, 0) is 11.2 Å². The van der Waals surface area contributed by atoms with Gasteiger partial charge in [-0.3, -0.25) is 4.79 Å². The zero-order valence-electron chi connectivity index (χ0n) is 12.3. The Morgan fingerprint density at radius 1 is 1.23 bits per heavy atom. The quantitative estimate of drug-likeness (QED) is 0.704. The first-order chi connectivity index (χ1) is 10.7. The molecule has 0 saturated carbocycles. The number of nitrogens with one attached hydrogen (secondary N) is 2. The van der Waals surface area contributed by atoms with Crippen molar-refractivity contribution >= 4 is 34.4 Å². The first kappa shape index (κ1) is 14.7. The second-order valence-electron chi connectivity index (χ2n) is 4.95. The molecule has 4 nitrogen and oxygen atoms in total. The number of H-pyrrole nitrogens is 1. The third-order valence-corrected chi connectivity index (χ3v) is 4.20. The molecule has 3 rings (SSSR count). The molecule has 0 fully saturated rings. The van der Waals surface area contributed by atoms with Crippen molar-refractivity contribution in [1.82, 2.24) is 9.97 Å². The van der Waals surface area contributed by atoms with Crippen molar-refractivity contribution in [2.24, 2.45) is 0 Å². The van der Waals surface area contributed by atoms with Crippen molar-refractivity contribution < 1.29 is 4.79 Å². The van der Waals surface area contributed by atoms with Crippen molar-refractivity contribution in [3.8, 4) is 0 Å². The Bertz CT molecular complexity index is 764. The molecule has 1 heterocycles. The highest BCUT2D eigenvalue weighted by Crippen LogP contribution is 2.19. The van der Waals surface area contributed by atoms with Gasteiger partial charge in [0.15, 0.2) is 5.16 Å². The topological polar surface area (TPSA) is 57.8 Å². The molecule has 2 N–H and O–H groups in total. The molecule has 0 aliphatic rings. The van der Waals surface area contributed by atoms with E-state index in [0.717, 1.165) is 28.3 Å². The number of nitrogens with zero attached hydrogens (tertiary/aromatic N) is 1. The van der Waals surface area contributed by atoms with Crippen molar-refractivity contribution in [2.75, 3.05) is 11.1 Å². The van der Waals surface area contributed by atoms with E-state index in [1.807, 2.05) is 42.5 Å². The van der Waals surface area contributed by atoms with Gasteiger partial charge in [0, 0.05) is 5.69 Å². The Labute approximate surface area is 133 Å². The SMILES string of the molecule is CCc1cccc(NC(=O)CSc2nc3ccccc3[nH]2)c1. The van der Waals surface area contributed by atoms with E-state index in [4.69, 9.17) is 0 Å². The van der Waals surface area contributed by atoms with Gasteiger partial charge in [0.1, 0.15) is 0 Å². The van der Waals surface area contributed by atoms with Crippen LogP contribution in [0, 0.1) is 0 Å². The number of carbonyl (C=O) groups is 1. The maximum absolute atomic E-state index is 12.0. The molecule has 0 radical (unpaired) electrons. The summed E-state index contributed by atoms with van der Waals surface area (Å²) in [5, 5.41) is 3.68. The molecule has 0 aliphatic heterocycles. The summed E-state index contributed by atoms with van der Waals surface area (Å²) in [4.78, 5) is 19.7. The third kappa shape index (κ3) is 3.49. The average molecular weight is 311 g/mol.